The zero-order valence-corrected chi connectivity index (χ0v) is 10.4. The molecule has 0 aliphatic rings. The number of nitrogen functional groups attached to an aromatic ring is 1. The molecular formula is C12H11N5O2. The molecule has 2 heterocycles. The molecule has 19 heavy (non-hydrogen) atoms. The van der Waals surface area contributed by atoms with E-state index in [1.54, 1.807) is 6.92 Å². The molecular weight excluding hydrogens is 246 g/mol. The van der Waals surface area contributed by atoms with Crippen molar-refractivity contribution in [2.75, 3.05) is 12.8 Å². The summed E-state index contributed by atoms with van der Waals surface area (Å²) in [4.78, 5) is 11.9. The van der Waals surface area contributed by atoms with Crippen LogP contribution in [0.25, 0.3) is 0 Å². The van der Waals surface area contributed by atoms with Gasteiger partial charge in [0.1, 0.15) is 17.5 Å². The SMILES string of the molecule is COc1cc(Oc2cnc(C)nc2N)c(C#N)cn1. The second kappa shape index (κ2) is 5.18. The topological polar surface area (TPSA) is 107 Å². The Bertz CT molecular complexity index is 651. The predicted molar refractivity (Wildman–Crippen MR) is 66.8 cm³/mol. The highest BCUT2D eigenvalue weighted by Crippen LogP contribution is 2.29. The molecule has 0 aliphatic carbocycles. The van der Waals surface area contributed by atoms with Crippen molar-refractivity contribution in [1.29, 1.82) is 5.26 Å². The van der Waals surface area contributed by atoms with Crippen LogP contribution in [0.2, 0.25) is 0 Å². The van der Waals surface area contributed by atoms with Gasteiger partial charge in [0.25, 0.3) is 0 Å². The monoisotopic (exact) mass is 257 g/mol. The zero-order valence-electron chi connectivity index (χ0n) is 10.4. The lowest BCUT2D eigenvalue weighted by Gasteiger charge is -2.09. The summed E-state index contributed by atoms with van der Waals surface area (Å²) in [6, 6.07) is 3.47. The molecule has 7 nitrogen and oxygen atoms in total. The van der Waals surface area contributed by atoms with Crippen molar-refractivity contribution in [1.82, 2.24) is 15.0 Å². The van der Waals surface area contributed by atoms with Crippen molar-refractivity contribution in [2.45, 2.75) is 6.92 Å². The van der Waals surface area contributed by atoms with Crippen LogP contribution in [0.3, 0.4) is 0 Å². The van der Waals surface area contributed by atoms with Crippen molar-refractivity contribution in [3.8, 4) is 23.4 Å². The van der Waals surface area contributed by atoms with Crippen molar-refractivity contribution in [3.05, 3.63) is 29.8 Å². The number of rotatable bonds is 3. The van der Waals surface area contributed by atoms with Gasteiger partial charge in [-0.1, -0.05) is 0 Å². The first-order valence-corrected chi connectivity index (χ1v) is 5.35. The second-order valence-corrected chi connectivity index (χ2v) is 3.60. The first-order chi connectivity index (χ1) is 9.13. The van der Waals surface area contributed by atoms with Crippen LogP contribution < -0.4 is 15.2 Å². The lowest BCUT2D eigenvalue weighted by molar-refractivity contribution is 0.392. The molecule has 96 valence electrons. The Hall–Kier alpha value is -2.88. The molecule has 0 aliphatic heterocycles. The van der Waals surface area contributed by atoms with Crippen LogP contribution in [0.5, 0.6) is 17.4 Å². The molecule has 0 radical (unpaired) electrons. The molecule has 0 spiro atoms. The quantitative estimate of drug-likeness (QED) is 0.886. The Kier molecular flexibility index (Phi) is 3.43. The Balaban J connectivity index is 2.39. The predicted octanol–water partition coefficient (Wildman–Crippen LogP) is 1.43. The fourth-order valence-electron chi connectivity index (χ4n) is 1.37. The first-order valence-electron chi connectivity index (χ1n) is 5.35. The number of hydrogen-bond acceptors (Lipinski definition) is 7. The minimum atomic E-state index is 0.201. The first kappa shape index (κ1) is 12.6. The van der Waals surface area contributed by atoms with Crippen LogP contribution >= 0.6 is 0 Å². The van der Waals surface area contributed by atoms with Gasteiger partial charge in [-0.25, -0.2) is 15.0 Å². The molecule has 0 unspecified atom stereocenters. The molecule has 0 saturated carbocycles. The molecule has 0 aromatic carbocycles. The number of anilines is 1. The standard InChI is InChI=1S/C12H11N5O2/c1-7-15-6-10(12(14)17-7)19-9-3-11(18-2)16-5-8(9)4-13/h3,5-6H,1-2H3,(H2,14,15,17). The summed E-state index contributed by atoms with van der Waals surface area (Å²) in [5, 5.41) is 9.00. The minimum absolute atomic E-state index is 0.201. The number of nitrogens with zero attached hydrogens (tertiary/aromatic N) is 4. The molecule has 0 atom stereocenters. The van der Waals surface area contributed by atoms with Gasteiger partial charge in [-0.05, 0) is 6.92 Å². The molecule has 2 rings (SSSR count). The fraction of sp³-hybridized carbons (Fsp3) is 0.167. The molecule has 2 aromatic rings. The van der Waals surface area contributed by atoms with E-state index >= 15 is 0 Å². The smallest absolute Gasteiger partial charge is 0.216 e. The van der Waals surface area contributed by atoms with Gasteiger partial charge in [-0.2, -0.15) is 5.26 Å². The van der Waals surface area contributed by atoms with Gasteiger partial charge in [0.2, 0.25) is 5.88 Å². The van der Waals surface area contributed by atoms with E-state index in [2.05, 4.69) is 15.0 Å². The maximum Gasteiger partial charge on any atom is 0.216 e. The third-order valence-electron chi connectivity index (χ3n) is 2.29. The number of aromatic nitrogens is 3. The van der Waals surface area contributed by atoms with Gasteiger partial charge in [0.15, 0.2) is 17.3 Å². The van der Waals surface area contributed by atoms with Gasteiger partial charge in [0, 0.05) is 6.07 Å². The summed E-state index contributed by atoms with van der Waals surface area (Å²) < 4.78 is 10.5. The summed E-state index contributed by atoms with van der Waals surface area (Å²) in [5.74, 6) is 1.63. The van der Waals surface area contributed by atoms with Gasteiger partial charge in [-0.3, -0.25) is 0 Å². The van der Waals surface area contributed by atoms with Gasteiger partial charge >= 0.3 is 0 Å². The highest BCUT2D eigenvalue weighted by Gasteiger charge is 2.11. The van der Waals surface area contributed by atoms with E-state index in [0.717, 1.165) is 0 Å². The van der Waals surface area contributed by atoms with Gasteiger partial charge in [0.05, 0.1) is 19.5 Å². The van der Waals surface area contributed by atoms with Crippen molar-refractivity contribution >= 4 is 5.82 Å². The third kappa shape index (κ3) is 2.69. The Labute approximate surface area is 109 Å². The number of pyridine rings is 1. The maximum atomic E-state index is 9.00. The average Bonchev–Trinajstić information content (AvgIpc) is 2.41. The van der Waals surface area contributed by atoms with Crippen molar-refractivity contribution < 1.29 is 9.47 Å². The average molecular weight is 257 g/mol. The number of nitrogens with two attached hydrogens (primary N) is 1. The molecule has 7 heteroatoms. The van der Waals surface area contributed by atoms with E-state index in [1.165, 1.54) is 25.6 Å². The van der Waals surface area contributed by atoms with Crippen LogP contribution in [0.4, 0.5) is 5.82 Å². The summed E-state index contributed by atoms with van der Waals surface area (Å²) >= 11 is 0. The Morgan fingerprint density at radius 2 is 2.05 bits per heavy atom. The molecule has 2 aromatic heterocycles. The largest absolute Gasteiger partial charge is 0.481 e. The van der Waals surface area contributed by atoms with Crippen molar-refractivity contribution in [2.24, 2.45) is 0 Å². The third-order valence-corrected chi connectivity index (χ3v) is 2.29. The van der Waals surface area contributed by atoms with E-state index in [0.29, 0.717) is 11.7 Å². The lowest BCUT2D eigenvalue weighted by Crippen LogP contribution is -2.00. The molecule has 0 bridgehead atoms. The number of nitriles is 1. The number of methoxy groups -OCH3 is 1. The highest BCUT2D eigenvalue weighted by molar-refractivity contribution is 5.50. The fourth-order valence-corrected chi connectivity index (χ4v) is 1.37. The van der Waals surface area contributed by atoms with Gasteiger partial charge < -0.3 is 15.2 Å². The van der Waals surface area contributed by atoms with Crippen LogP contribution in [0, 0.1) is 18.3 Å². The van der Waals surface area contributed by atoms with Crippen LogP contribution in [-0.4, -0.2) is 22.1 Å². The second-order valence-electron chi connectivity index (χ2n) is 3.60. The lowest BCUT2D eigenvalue weighted by atomic mass is 10.3. The Morgan fingerprint density at radius 1 is 1.26 bits per heavy atom. The van der Waals surface area contributed by atoms with E-state index in [-0.39, 0.29) is 22.9 Å². The highest BCUT2D eigenvalue weighted by atomic mass is 16.5. The normalized spacial score (nSPS) is 9.74. The number of aryl methyl sites for hydroxylation is 1. The molecule has 2 N–H and O–H groups in total. The zero-order chi connectivity index (χ0) is 13.8. The number of hydrogen-bond donors (Lipinski definition) is 1. The van der Waals surface area contributed by atoms with Gasteiger partial charge in [-0.15, -0.1) is 0 Å². The summed E-state index contributed by atoms with van der Waals surface area (Å²) in [7, 11) is 1.47. The molecule has 0 amide bonds. The molecule has 0 fully saturated rings. The van der Waals surface area contributed by atoms with E-state index < -0.39 is 0 Å². The Morgan fingerprint density at radius 3 is 2.68 bits per heavy atom. The van der Waals surface area contributed by atoms with Crippen molar-refractivity contribution in [3.63, 3.8) is 0 Å². The minimum Gasteiger partial charge on any atom is -0.481 e. The number of ether oxygens (including phenoxy) is 2. The molecule has 0 saturated heterocycles. The summed E-state index contributed by atoms with van der Waals surface area (Å²) in [6.45, 7) is 1.72. The summed E-state index contributed by atoms with van der Waals surface area (Å²) in [6.07, 6.45) is 2.81. The van der Waals surface area contributed by atoms with Crippen LogP contribution in [0.1, 0.15) is 11.4 Å². The van der Waals surface area contributed by atoms with Crippen LogP contribution in [-0.2, 0) is 0 Å². The van der Waals surface area contributed by atoms with E-state index in [4.69, 9.17) is 20.5 Å². The summed E-state index contributed by atoms with van der Waals surface area (Å²) in [5.41, 5.74) is 5.99. The van der Waals surface area contributed by atoms with Crippen LogP contribution in [0.15, 0.2) is 18.5 Å². The maximum absolute atomic E-state index is 9.00. The van der Waals surface area contributed by atoms with E-state index in [1.807, 2.05) is 6.07 Å². The van der Waals surface area contributed by atoms with E-state index in [9.17, 15) is 0 Å².